The van der Waals surface area contributed by atoms with Crippen molar-refractivity contribution in [1.82, 2.24) is 0 Å². The molecule has 0 aromatic rings. The van der Waals surface area contributed by atoms with Crippen LogP contribution in [0.2, 0.25) is 0 Å². The summed E-state index contributed by atoms with van der Waals surface area (Å²) in [6, 6.07) is 0. The molecule has 0 saturated heterocycles. The lowest BCUT2D eigenvalue weighted by molar-refractivity contribution is -0.167. The summed E-state index contributed by atoms with van der Waals surface area (Å²) in [6.07, 6.45) is 67.0. The van der Waals surface area contributed by atoms with Gasteiger partial charge in [-0.1, -0.05) is 276 Å². The molecule has 0 spiro atoms. The third-order valence-corrected chi connectivity index (χ3v) is 13.1. The molecule has 0 unspecified atom stereocenters. The molecule has 0 aromatic carbocycles. The first-order valence-electron chi connectivity index (χ1n) is 29.5. The summed E-state index contributed by atoms with van der Waals surface area (Å²) in [5.41, 5.74) is 0. The average molecular weight is 942 g/mol. The van der Waals surface area contributed by atoms with E-state index in [1.165, 1.54) is 193 Å². The minimum atomic E-state index is -0.777. The monoisotopic (exact) mass is 941 g/mol. The number of unbranched alkanes of at least 4 members (excludes halogenated alkanes) is 37. The molecule has 0 radical (unpaired) electrons. The summed E-state index contributed by atoms with van der Waals surface area (Å²) in [5, 5.41) is 0. The van der Waals surface area contributed by atoms with Crippen LogP contribution in [-0.2, 0) is 28.6 Å². The van der Waals surface area contributed by atoms with Crippen LogP contribution in [0.3, 0.4) is 0 Å². The van der Waals surface area contributed by atoms with Gasteiger partial charge < -0.3 is 14.2 Å². The van der Waals surface area contributed by atoms with E-state index in [2.05, 4.69) is 57.2 Å². The van der Waals surface area contributed by atoms with Gasteiger partial charge in [-0.25, -0.2) is 0 Å². The van der Waals surface area contributed by atoms with Gasteiger partial charge in [-0.15, -0.1) is 0 Å². The van der Waals surface area contributed by atoms with Crippen molar-refractivity contribution in [1.29, 1.82) is 0 Å². The first-order valence-corrected chi connectivity index (χ1v) is 29.5. The summed E-state index contributed by atoms with van der Waals surface area (Å²) >= 11 is 0. The maximum Gasteiger partial charge on any atom is 0.306 e. The highest BCUT2D eigenvalue weighted by atomic mass is 16.6. The second-order valence-electron chi connectivity index (χ2n) is 19.9. The average Bonchev–Trinajstić information content (AvgIpc) is 3.33. The molecule has 0 amide bonds. The van der Waals surface area contributed by atoms with Crippen LogP contribution >= 0.6 is 0 Å². The molecule has 6 heteroatoms. The molecule has 67 heavy (non-hydrogen) atoms. The zero-order valence-corrected chi connectivity index (χ0v) is 44.9. The molecule has 392 valence electrons. The van der Waals surface area contributed by atoms with E-state index in [1.807, 2.05) is 0 Å². The van der Waals surface area contributed by atoms with E-state index >= 15 is 0 Å². The molecule has 0 N–H and O–H groups in total. The Kier molecular flexibility index (Phi) is 54.2. The van der Waals surface area contributed by atoms with Crippen LogP contribution in [0, 0.1) is 0 Å². The maximum absolute atomic E-state index is 12.9. The van der Waals surface area contributed by atoms with Crippen LogP contribution in [0.25, 0.3) is 0 Å². The third-order valence-electron chi connectivity index (χ3n) is 13.1. The van der Waals surface area contributed by atoms with Crippen molar-refractivity contribution < 1.29 is 28.6 Å². The number of esters is 3. The molecular formula is C61H112O6. The van der Waals surface area contributed by atoms with Crippen molar-refractivity contribution in [3.63, 3.8) is 0 Å². The van der Waals surface area contributed by atoms with Crippen molar-refractivity contribution in [2.24, 2.45) is 0 Å². The molecule has 0 rings (SSSR count). The molecule has 1 atom stereocenters. The molecule has 0 aliphatic carbocycles. The van der Waals surface area contributed by atoms with Gasteiger partial charge in [-0.2, -0.15) is 0 Å². The number of allylic oxidation sites excluding steroid dienone is 6. The highest BCUT2D eigenvalue weighted by Crippen LogP contribution is 2.17. The van der Waals surface area contributed by atoms with E-state index in [0.29, 0.717) is 19.3 Å². The van der Waals surface area contributed by atoms with E-state index in [4.69, 9.17) is 14.2 Å². The molecule has 0 saturated carbocycles. The molecular weight excluding hydrogens is 829 g/mol. The van der Waals surface area contributed by atoms with Crippen LogP contribution in [0.5, 0.6) is 0 Å². The van der Waals surface area contributed by atoms with E-state index in [1.54, 1.807) is 0 Å². The van der Waals surface area contributed by atoms with Gasteiger partial charge in [0, 0.05) is 19.3 Å². The zero-order valence-electron chi connectivity index (χ0n) is 44.9. The summed E-state index contributed by atoms with van der Waals surface area (Å²) in [4.78, 5) is 38.2. The molecule has 0 aliphatic rings. The second-order valence-corrected chi connectivity index (χ2v) is 19.9. The first kappa shape index (κ1) is 64.6. The van der Waals surface area contributed by atoms with Gasteiger partial charge in [0.1, 0.15) is 13.2 Å². The Balaban J connectivity index is 4.35. The number of carbonyl (C=O) groups excluding carboxylic acids is 3. The minimum Gasteiger partial charge on any atom is -0.462 e. The largest absolute Gasteiger partial charge is 0.462 e. The quantitative estimate of drug-likeness (QED) is 0.0262. The van der Waals surface area contributed by atoms with E-state index in [-0.39, 0.29) is 31.1 Å². The van der Waals surface area contributed by atoms with Gasteiger partial charge in [0.2, 0.25) is 0 Å². The third kappa shape index (κ3) is 54.4. The van der Waals surface area contributed by atoms with Gasteiger partial charge in [-0.3, -0.25) is 14.4 Å². The fourth-order valence-electron chi connectivity index (χ4n) is 8.69. The van der Waals surface area contributed by atoms with Crippen molar-refractivity contribution in [2.45, 2.75) is 322 Å². The smallest absolute Gasteiger partial charge is 0.306 e. The Morgan fingerprint density at radius 1 is 0.299 bits per heavy atom. The summed E-state index contributed by atoms with van der Waals surface area (Å²) < 4.78 is 16.9. The number of rotatable bonds is 54. The minimum absolute atomic E-state index is 0.0744. The molecule has 0 fully saturated rings. The van der Waals surface area contributed by atoms with Gasteiger partial charge in [0.05, 0.1) is 0 Å². The van der Waals surface area contributed by atoms with Gasteiger partial charge in [0.15, 0.2) is 6.10 Å². The highest BCUT2D eigenvalue weighted by molar-refractivity contribution is 5.71. The second kappa shape index (κ2) is 56.2. The van der Waals surface area contributed by atoms with Gasteiger partial charge >= 0.3 is 17.9 Å². The Hall–Kier alpha value is -2.37. The lowest BCUT2D eigenvalue weighted by Gasteiger charge is -2.18. The van der Waals surface area contributed by atoms with Crippen molar-refractivity contribution >= 4 is 17.9 Å². The topological polar surface area (TPSA) is 78.9 Å². The Bertz CT molecular complexity index is 1130. The fraction of sp³-hybridized carbons (Fsp3) is 0.852. The molecule has 6 nitrogen and oxygen atoms in total. The van der Waals surface area contributed by atoms with Gasteiger partial charge in [-0.05, 0) is 57.8 Å². The zero-order chi connectivity index (χ0) is 48.6. The van der Waals surface area contributed by atoms with Crippen molar-refractivity contribution in [3.05, 3.63) is 36.5 Å². The summed E-state index contributed by atoms with van der Waals surface area (Å²) in [7, 11) is 0. The van der Waals surface area contributed by atoms with Crippen LogP contribution in [0.4, 0.5) is 0 Å². The van der Waals surface area contributed by atoms with Gasteiger partial charge in [0.25, 0.3) is 0 Å². The SMILES string of the molecule is CCCCC/C=C\C/C=C\C/C=C\CCCCCCC(=O)OC[C@H](COC(=O)CCCCCCCCCCCCCCC)OC(=O)CCCCCCCCCCCCCCCCCCCCC. The molecule has 0 aromatic heterocycles. The predicted octanol–water partition coefficient (Wildman–Crippen LogP) is 19.7. The molecule has 0 aliphatic heterocycles. The predicted molar refractivity (Wildman–Crippen MR) is 289 cm³/mol. The fourth-order valence-corrected chi connectivity index (χ4v) is 8.69. The maximum atomic E-state index is 12.9. The normalized spacial score (nSPS) is 12.2. The van der Waals surface area contributed by atoms with Crippen LogP contribution in [0.1, 0.15) is 316 Å². The number of ether oxygens (including phenoxy) is 3. The van der Waals surface area contributed by atoms with Crippen molar-refractivity contribution in [3.8, 4) is 0 Å². The van der Waals surface area contributed by atoms with Crippen LogP contribution in [-0.4, -0.2) is 37.2 Å². The number of hydrogen-bond acceptors (Lipinski definition) is 6. The highest BCUT2D eigenvalue weighted by Gasteiger charge is 2.19. The Labute approximate surface area is 416 Å². The summed E-state index contributed by atoms with van der Waals surface area (Å²) in [5.74, 6) is -0.877. The van der Waals surface area contributed by atoms with Crippen LogP contribution in [0.15, 0.2) is 36.5 Å². The van der Waals surface area contributed by atoms with Crippen LogP contribution < -0.4 is 0 Å². The van der Waals surface area contributed by atoms with E-state index in [9.17, 15) is 14.4 Å². The van der Waals surface area contributed by atoms with E-state index < -0.39 is 6.10 Å². The molecule has 0 heterocycles. The Morgan fingerprint density at radius 3 is 0.866 bits per heavy atom. The van der Waals surface area contributed by atoms with Crippen molar-refractivity contribution in [2.75, 3.05) is 13.2 Å². The number of hydrogen-bond donors (Lipinski definition) is 0. The first-order chi connectivity index (χ1) is 33.0. The Morgan fingerprint density at radius 2 is 0.537 bits per heavy atom. The summed E-state index contributed by atoms with van der Waals surface area (Å²) in [6.45, 7) is 6.64. The van der Waals surface area contributed by atoms with E-state index in [0.717, 1.165) is 83.5 Å². The lowest BCUT2D eigenvalue weighted by atomic mass is 10.0. The molecule has 0 bridgehead atoms. The standard InChI is InChI=1S/C61H112O6/c1-4-7-10-13-16-19-22-25-27-29-30-32-34-37-40-43-46-49-52-55-61(64)67-58(56-65-59(62)53-50-47-44-41-38-35-24-21-18-15-12-9-6-3)57-66-60(63)54-51-48-45-42-39-36-33-31-28-26-23-20-17-14-11-8-5-2/h17,20,26,28,33,36,58H,4-16,18-19,21-25,27,29-32,34-35,37-57H2,1-3H3/b20-17-,28-26-,36-33-/t58-/m0/s1. The number of carbonyl (C=O) groups is 3. The lowest BCUT2D eigenvalue weighted by Crippen LogP contribution is -2.30.